The minimum atomic E-state index is -0.848. The van der Waals surface area contributed by atoms with Gasteiger partial charge in [-0.05, 0) is 57.7 Å². The minimum absolute atomic E-state index is 0.202. The summed E-state index contributed by atoms with van der Waals surface area (Å²) in [7, 11) is 1.31. The number of methoxy groups -OCH3 is 1. The topological polar surface area (TPSA) is 73.9 Å². The minimum Gasteiger partial charge on any atom is -0.493 e. The quantitative estimate of drug-likeness (QED) is 0.739. The summed E-state index contributed by atoms with van der Waals surface area (Å²) in [6.45, 7) is 6.43. The molecule has 0 bridgehead atoms. The van der Waals surface area contributed by atoms with E-state index in [2.05, 4.69) is 5.32 Å². The van der Waals surface area contributed by atoms with Gasteiger partial charge < -0.3 is 19.5 Å². The Morgan fingerprint density at radius 3 is 2.50 bits per heavy atom. The SMILES string of the molecule is CCOc1ccc(NC(=O)[C@](C)(OCC)C2CC2)cc1C(=O)OC. The molecule has 0 heterocycles. The Morgan fingerprint density at radius 2 is 1.96 bits per heavy atom. The van der Waals surface area contributed by atoms with Crippen LogP contribution in [0, 0.1) is 5.92 Å². The Bertz CT molecular complexity index is 611. The first-order valence-corrected chi connectivity index (χ1v) is 8.26. The summed E-state index contributed by atoms with van der Waals surface area (Å²) in [4.78, 5) is 24.6. The molecule has 0 aliphatic heterocycles. The molecular weight excluding hydrogens is 310 g/mol. The van der Waals surface area contributed by atoms with E-state index in [1.54, 1.807) is 18.2 Å². The summed E-state index contributed by atoms with van der Waals surface area (Å²) in [5.41, 5.74) is -0.0594. The van der Waals surface area contributed by atoms with Gasteiger partial charge in [-0.15, -0.1) is 0 Å². The van der Waals surface area contributed by atoms with E-state index in [9.17, 15) is 9.59 Å². The van der Waals surface area contributed by atoms with Crippen molar-refractivity contribution in [2.24, 2.45) is 5.92 Å². The fourth-order valence-corrected chi connectivity index (χ4v) is 2.72. The monoisotopic (exact) mass is 335 g/mol. The number of carbonyl (C=O) groups excluding carboxylic acids is 2. The van der Waals surface area contributed by atoms with Crippen molar-refractivity contribution in [2.75, 3.05) is 25.6 Å². The molecule has 1 aliphatic rings. The Hall–Kier alpha value is -2.08. The predicted molar refractivity (Wildman–Crippen MR) is 90.3 cm³/mol. The van der Waals surface area contributed by atoms with Crippen molar-refractivity contribution >= 4 is 17.6 Å². The van der Waals surface area contributed by atoms with Gasteiger partial charge in [0, 0.05) is 12.3 Å². The van der Waals surface area contributed by atoms with Crippen molar-refractivity contribution in [1.82, 2.24) is 0 Å². The van der Waals surface area contributed by atoms with Crippen molar-refractivity contribution in [3.05, 3.63) is 23.8 Å². The number of nitrogens with one attached hydrogen (secondary N) is 1. The van der Waals surface area contributed by atoms with Crippen LogP contribution in [-0.2, 0) is 14.3 Å². The van der Waals surface area contributed by atoms with Crippen LogP contribution in [0.1, 0.15) is 44.0 Å². The van der Waals surface area contributed by atoms with E-state index in [4.69, 9.17) is 14.2 Å². The van der Waals surface area contributed by atoms with Gasteiger partial charge in [0.1, 0.15) is 16.9 Å². The summed E-state index contributed by atoms with van der Waals surface area (Å²) in [5, 5.41) is 2.85. The first-order valence-electron chi connectivity index (χ1n) is 8.26. The van der Waals surface area contributed by atoms with Crippen molar-refractivity contribution in [3.8, 4) is 5.75 Å². The molecule has 1 atom stereocenters. The van der Waals surface area contributed by atoms with Crippen LogP contribution < -0.4 is 10.1 Å². The molecular formula is C18H25NO5. The molecule has 6 nitrogen and oxygen atoms in total. The van der Waals surface area contributed by atoms with E-state index >= 15 is 0 Å². The Kier molecular flexibility index (Phi) is 5.83. The zero-order chi connectivity index (χ0) is 17.7. The van der Waals surface area contributed by atoms with Crippen LogP contribution in [0.4, 0.5) is 5.69 Å². The summed E-state index contributed by atoms with van der Waals surface area (Å²) in [6, 6.07) is 4.92. The van der Waals surface area contributed by atoms with Crippen LogP contribution in [0.2, 0.25) is 0 Å². The van der Waals surface area contributed by atoms with Crippen LogP contribution in [0.3, 0.4) is 0 Å². The molecule has 1 N–H and O–H groups in total. The molecule has 24 heavy (non-hydrogen) atoms. The molecule has 0 spiro atoms. The standard InChI is InChI=1S/C18H25NO5/c1-5-23-15-10-9-13(11-14(15)16(20)22-4)19-17(21)18(3,24-6-2)12-7-8-12/h9-12H,5-8H2,1-4H3,(H,19,21)/t18-/m1/s1. The largest absolute Gasteiger partial charge is 0.493 e. The van der Waals surface area contributed by atoms with Crippen molar-refractivity contribution in [1.29, 1.82) is 0 Å². The Balaban J connectivity index is 2.22. The smallest absolute Gasteiger partial charge is 0.341 e. The van der Waals surface area contributed by atoms with Gasteiger partial charge >= 0.3 is 5.97 Å². The fraction of sp³-hybridized carbons (Fsp3) is 0.556. The molecule has 1 aromatic carbocycles. The normalized spacial score (nSPS) is 16.2. The summed E-state index contributed by atoms with van der Waals surface area (Å²) >= 11 is 0. The molecule has 0 unspecified atom stereocenters. The number of ether oxygens (including phenoxy) is 3. The number of anilines is 1. The highest BCUT2D eigenvalue weighted by Gasteiger charge is 2.48. The molecule has 2 rings (SSSR count). The van der Waals surface area contributed by atoms with Gasteiger partial charge in [0.25, 0.3) is 5.91 Å². The second kappa shape index (κ2) is 7.66. The van der Waals surface area contributed by atoms with Gasteiger partial charge in [0.05, 0.1) is 13.7 Å². The predicted octanol–water partition coefficient (Wildman–Crippen LogP) is 3.02. The van der Waals surface area contributed by atoms with Crippen LogP contribution in [0.5, 0.6) is 5.75 Å². The second-order valence-electron chi connectivity index (χ2n) is 5.90. The van der Waals surface area contributed by atoms with Crippen LogP contribution in [-0.4, -0.2) is 37.8 Å². The van der Waals surface area contributed by atoms with E-state index in [0.29, 0.717) is 24.7 Å². The zero-order valence-corrected chi connectivity index (χ0v) is 14.7. The van der Waals surface area contributed by atoms with Gasteiger partial charge in [0.15, 0.2) is 0 Å². The molecule has 0 saturated heterocycles. The summed E-state index contributed by atoms with van der Waals surface area (Å²) in [5.74, 6) is -0.0477. The van der Waals surface area contributed by atoms with Gasteiger partial charge in [0.2, 0.25) is 0 Å². The number of rotatable bonds is 8. The summed E-state index contributed by atoms with van der Waals surface area (Å²) in [6.07, 6.45) is 1.97. The van der Waals surface area contributed by atoms with E-state index in [1.807, 2.05) is 20.8 Å². The van der Waals surface area contributed by atoms with Gasteiger partial charge in [-0.2, -0.15) is 0 Å². The Morgan fingerprint density at radius 1 is 1.25 bits per heavy atom. The highest BCUT2D eigenvalue weighted by Crippen LogP contribution is 2.42. The number of carbonyl (C=O) groups is 2. The first-order chi connectivity index (χ1) is 11.5. The third-order valence-corrected chi connectivity index (χ3v) is 4.19. The lowest BCUT2D eigenvalue weighted by atomic mass is 9.98. The third kappa shape index (κ3) is 3.87. The lowest BCUT2D eigenvalue weighted by Crippen LogP contribution is -2.44. The number of benzene rings is 1. The van der Waals surface area contributed by atoms with E-state index < -0.39 is 11.6 Å². The van der Waals surface area contributed by atoms with Crippen molar-refractivity contribution in [2.45, 2.75) is 39.2 Å². The highest BCUT2D eigenvalue weighted by atomic mass is 16.5. The second-order valence-corrected chi connectivity index (χ2v) is 5.90. The Labute approximate surface area is 142 Å². The highest BCUT2D eigenvalue weighted by molar-refractivity contribution is 5.99. The van der Waals surface area contributed by atoms with Crippen LogP contribution >= 0.6 is 0 Å². The maximum absolute atomic E-state index is 12.7. The van der Waals surface area contributed by atoms with Crippen LogP contribution in [0.25, 0.3) is 0 Å². The number of esters is 1. The zero-order valence-electron chi connectivity index (χ0n) is 14.7. The molecule has 1 fully saturated rings. The summed E-state index contributed by atoms with van der Waals surface area (Å²) < 4.78 is 15.9. The molecule has 0 radical (unpaired) electrons. The van der Waals surface area contributed by atoms with Gasteiger partial charge in [-0.1, -0.05) is 0 Å². The molecule has 1 aliphatic carbocycles. The van der Waals surface area contributed by atoms with E-state index in [1.165, 1.54) is 7.11 Å². The molecule has 1 aromatic rings. The van der Waals surface area contributed by atoms with E-state index in [-0.39, 0.29) is 17.4 Å². The van der Waals surface area contributed by atoms with Crippen molar-refractivity contribution in [3.63, 3.8) is 0 Å². The molecule has 1 amide bonds. The first kappa shape index (κ1) is 18.3. The number of amides is 1. The van der Waals surface area contributed by atoms with Crippen LogP contribution in [0.15, 0.2) is 18.2 Å². The van der Waals surface area contributed by atoms with Gasteiger partial charge in [-0.3, -0.25) is 4.79 Å². The molecule has 0 aromatic heterocycles. The average Bonchev–Trinajstić information content (AvgIpc) is 3.41. The molecule has 1 saturated carbocycles. The third-order valence-electron chi connectivity index (χ3n) is 4.19. The number of hydrogen-bond acceptors (Lipinski definition) is 5. The fourth-order valence-electron chi connectivity index (χ4n) is 2.72. The maximum Gasteiger partial charge on any atom is 0.341 e. The maximum atomic E-state index is 12.7. The number of hydrogen-bond donors (Lipinski definition) is 1. The molecule has 132 valence electrons. The van der Waals surface area contributed by atoms with Gasteiger partial charge in [-0.25, -0.2) is 4.79 Å². The average molecular weight is 335 g/mol. The van der Waals surface area contributed by atoms with Crippen molar-refractivity contribution < 1.29 is 23.8 Å². The van der Waals surface area contributed by atoms with E-state index in [0.717, 1.165) is 12.8 Å². The lowest BCUT2D eigenvalue weighted by molar-refractivity contribution is -0.141. The lowest BCUT2D eigenvalue weighted by Gasteiger charge is -2.28. The molecule has 6 heteroatoms.